The molecule has 0 radical (unpaired) electrons. The van der Waals surface area contributed by atoms with E-state index in [9.17, 15) is 0 Å². The second-order valence-electron chi connectivity index (χ2n) is 13.3. The highest BCUT2D eigenvalue weighted by Gasteiger charge is 2.43. The van der Waals surface area contributed by atoms with Crippen LogP contribution in [0.3, 0.4) is 0 Å². The molecule has 0 saturated carbocycles. The summed E-state index contributed by atoms with van der Waals surface area (Å²) < 4.78 is 0. The Kier molecular flexibility index (Phi) is 7.49. The molecule has 1 aliphatic rings. The fraction of sp³-hybridized carbons (Fsp3) is 0.149. The molecule has 0 spiro atoms. The molecule has 8 rings (SSSR count). The predicted molar refractivity (Wildman–Crippen MR) is 206 cm³/mol. The van der Waals surface area contributed by atoms with E-state index in [4.69, 9.17) is 0 Å². The fourth-order valence-electron chi connectivity index (χ4n) is 8.17. The van der Waals surface area contributed by atoms with Gasteiger partial charge in [-0.25, -0.2) is 0 Å². The summed E-state index contributed by atoms with van der Waals surface area (Å²) in [5.41, 5.74) is 16.6. The van der Waals surface area contributed by atoms with Crippen molar-refractivity contribution in [3.63, 3.8) is 0 Å². The van der Waals surface area contributed by atoms with E-state index in [0.717, 1.165) is 18.5 Å². The summed E-state index contributed by atoms with van der Waals surface area (Å²) in [5, 5.41) is 2.55. The minimum Gasteiger partial charge on any atom is -0.309 e. The minimum atomic E-state index is -0.0213. The van der Waals surface area contributed by atoms with E-state index in [1.54, 1.807) is 0 Å². The van der Waals surface area contributed by atoms with Crippen molar-refractivity contribution in [1.82, 2.24) is 0 Å². The largest absolute Gasteiger partial charge is 0.309 e. The van der Waals surface area contributed by atoms with Crippen molar-refractivity contribution in [2.24, 2.45) is 0 Å². The van der Waals surface area contributed by atoms with Crippen LogP contribution in [-0.2, 0) is 5.41 Å². The lowest BCUT2D eigenvalue weighted by molar-refractivity contribution is 0.491. The number of hydrogen-bond donors (Lipinski definition) is 0. The molecule has 0 saturated heterocycles. The summed E-state index contributed by atoms with van der Waals surface area (Å²) in [6, 6.07) is 56.4. The highest BCUT2D eigenvalue weighted by atomic mass is 15.1. The molecule has 0 atom stereocenters. The van der Waals surface area contributed by atoms with Crippen LogP contribution in [-0.4, -0.2) is 0 Å². The van der Waals surface area contributed by atoms with Crippen molar-refractivity contribution < 1.29 is 0 Å². The maximum atomic E-state index is 2.52. The first kappa shape index (κ1) is 30.0. The Morgan fingerprint density at radius 2 is 1.08 bits per heavy atom. The van der Waals surface area contributed by atoms with E-state index in [2.05, 4.69) is 184 Å². The van der Waals surface area contributed by atoms with Gasteiger partial charge >= 0.3 is 0 Å². The highest BCUT2D eigenvalue weighted by molar-refractivity contribution is 6.10. The quantitative estimate of drug-likeness (QED) is 0.172. The molecule has 0 aromatic heterocycles. The minimum absolute atomic E-state index is 0.0213. The number of aryl methyl sites for hydroxylation is 2. The predicted octanol–water partition coefficient (Wildman–Crippen LogP) is 13.3. The van der Waals surface area contributed by atoms with E-state index >= 15 is 0 Å². The van der Waals surface area contributed by atoms with Crippen LogP contribution >= 0.6 is 0 Å². The Hall–Kier alpha value is -5.40. The van der Waals surface area contributed by atoms with Crippen molar-refractivity contribution in [2.75, 3.05) is 4.90 Å². The fourth-order valence-corrected chi connectivity index (χ4v) is 8.17. The number of fused-ring (bicyclic) bond motifs is 4. The monoisotopic (exact) mass is 619 g/mol. The van der Waals surface area contributed by atoms with Crippen LogP contribution in [0.4, 0.5) is 17.1 Å². The number of hydrogen-bond acceptors (Lipinski definition) is 1. The molecular weight excluding hydrogens is 579 g/mol. The van der Waals surface area contributed by atoms with Crippen molar-refractivity contribution in [3.8, 4) is 33.4 Å². The smallest absolute Gasteiger partial charge is 0.0621 e. The summed E-state index contributed by atoms with van der Waals surface area (Å²) in [6.45, 7) is 9.04. The van der Waals surface area contributed by atoms with Gasteiger partial charge in [-0.2, -0.15) is 0 Å². The topological polar surface area (TPSA) is 3.24 Å². The lowest BCUT2D eigenvalue weighted by Gasteiger charge is -2.32. The van der Waals surface area contributed by atoms with Crippen LogP contribution in [0.15, 0.2) is 152 Å². The average Bonchev–Trinajstić information content (AvgIpc) is 3.41. The second-order valence-corrected chi connectivity index (χ2v) is 13.3. The number of anilines is 3. The van der Waals surface area contributed by atoms with E-state index in [1.807, 2.05) is 0 Å². The maximum Gasteiger partial charge on any atom is 0.0621 e. The van der Waals surface area contributed by atoms with E-state index in [1.165, 1.54) is 77.8 Å². The summed E-state index contributed by atoms with van der Waals surface area (Å²) in [6.07, 6.45) is 2.12. The first-order chi connectivity index (χ1) is 23.5. The molecule has 0 amide bonds. The van der Waals surface area contributed by atoms with Crippen molar-refractivity contribution in [2.45, 2.75) is 46.0 Å². The Morgan fingerprint density at radius 1 is 0.479 bits per heavy atom. The van der Waals surface area contributed by atoms with Gasteiger partial charge in [0.25, 0.3) is 0 Å². The molecule has 1 nitrogen and oxygen atoms in total. The van der Waals surface area contributed by atoms with Gasteiger partial charge in [0.05, 0.1) is 5.69 Å². The van der Waals surface area contributed by atoms with Gasteiger partial charge in [-0.05, 0) is 107 Å². The molecule has 0 unspecified atom stereocenters. The van der Waals surface area contributed by atoms with Gasteiger partial charge in [0.15, 0.2) is 0 Å². The Labute approximate surface area is 285 Å². The van der Waals surface area contributed by atoms with Gasteiger partial charge in [-0.15, -0.1) is 0 Å². The van der Waals surface area contributed by atoms with Gasteiger partial charge in [0.2, 0.25) is 0 Å². The zero-order valence-corrected chi connectivity index (χ0v) is 28.3. The van der Waals surface area contributed by atoms with Crippen molar-refractivity contribution >= 4 is 27.8 Å². The Balaban J connectivity index is 1.37. The van der Waals surface area contributed by atoms with Gasteiger partial charge in [-0.3, -0.25) is 0 Å². The molecule has 234 valence electrons. The van der Waals surface area contributed by atoms with Gasteiger partial charge in [0, 0.05) is 27.7 Å². The van der Waals surface area contributed by atoms with Crippen LogP contribution in [0.5, 0.6) is 0 Å². The third kappa shape index (κ3) is 4.76. The molecular formula is C47H41N. The normalized spacial score (nSPS) is 12.9. The summed E-state index contributed by atoms with van der Waals surface area (Å²) in [4.78, 5) is 2.52. The van der Waals surface area contributed by atoms with Crippen LogP contribution in [0, 0.1) is 13.8 Å². The summed E-state index contributed by atoms with van der Waals surface area (Å²) in [7, 11) is 0. The molecule has 0 fully saturated rings. The summed E-state index contributed by atoms with van der Waals surface area (Å²) in [5.74, 6) is 0. The van der Waals surface area contributed by atoms with Crippen LogP contribution in [0.25, 0.3) is 44.2 Å². The zero-order chi connectivity index (χ0) is 32.8. The third-order valence-corrected chi connectivity index (χ3v) is 10.7. The Morgan fingerprint density at radius 3 is 1.75 bits per heavy atom. The zero-order valence-electron chi connectivity index (χ0n) is 28.3. The molecule has 7 aromatic rings. The number of nitrogens with zero attached hydrogens (tertiary/aromatic N) is 1. The average molecular weight is 620 g/mol. The molecule has 0 heterocycles. The number of benzene rings is 7. The van der Waals surface area contributed by atoms with Crippen LogP contribution in [0.2, 0.25) is 0 Å². The van der Waals surface area contributed by atoms with Gasteiger partial charge in [0.1, 0.15) is 0 Å². The number of rotatable bonds is 7. The molecule has 48 heavy (non-hydrogen) atoms. The highest BCUT2D eigenvalue weighted by Crippen LogP contribution is 2.59. The van der Waals surface area contributed by atoms with Crippen LogP contribution < -0.4 is 4.90 Å². The molecule has 1 aliphatic carbocycles. The van der Waals surface area contributed by atoms with Crippen LogP contribution in [0.1, 0.15) is 48.9 Å². The Bertz CT molecular complexity index is 2270. The summed E-state index contributed by atoms with van der Waals surface area (Å²) >= 11 is 0. The molecule has 7 aromatic carbocycles. The third-order valence-electron chi connectivity index (χ3n) is 10.7. The standard InChI is InChI=1S/C47H41N/c1-5-47(6-2)43-21-12-11-20-42(43)45-44(47)31-36-15-7-8-19-41(36)46(45)48(38-16-13-14-33(4)30-38)37-28-26-35(27-29-37)40-18-10-9-17-39(40)34-24-22-32(3)23-25-34/h7-31H,5-6H2,1-4H3. The maximum absolute atomic E-state index is 2.52. The lowest BCUT2D eigenvalue weighted by atomic mass is 9.73. The lowest BCUT2D eigenvalue weighted by Crippen LogP contribution is -2.23. The van der Waals surface area contributed by atoms with E-state index in [0.29, 0.717) is 0 Å². The van der Waals surface area contributed by atoms with E-state index in [-0.39, 0.29) is 5.41 Å². The first-order valence-electron chi connectivity index (χ1n) is 17.3. The van der Waals surface area contributed by atoms with E-state index < -0.39 is 0 Å². The molecule has 0 N–H and O–H groups in total. The van der Waals surface area contributed by atoms with Crippen molar-refractivity contribution in [1.29, 1.82) is 0 Å². The SMILES string of the molecule is CCC1(CC)c2ccccc2-c2c1cc1ccccc1c2N(c1ccc(-c2ccccc2-c2ccc(C)cc2)cc1)c1cccc(C)c1. The van der Waals surface area contributed by atoms with Gasteiger partial charge < -0.3 is 4.90 Å². The van der Waals surface area contributed by atoms with Gasteiger partial charge in [-0.1, -0.05) is 141 Å². The van der Waals surface area contributed by atoms with Crippen molar-refractivity contribution in [3.05, 3.63) is 174 Å². The molecule has 1 heteroatoms. The second kappa shape index (κ2) is 12.0. The first-order valence-corrected chi connectivity index (χ1v) is 17.3. The molecule has 0 bridgehead atoms. The molecule has 0 aliphatic heterocycles.